The monoisotopic (exact) mass is 806 g/mol. The van der Waals surface area contributed by atoms with Crippen LogP contribution in [0, 0.1) is 41.9 Å². The molecule has 4 fully saturated rings. The Bertz CT molecular complexity index is 2400. The van der Waals surface area contributed by atoms with E-state index < -0.39 is 17.9 Å². The van der Waals surface area contributed by atoms with Crippen LogP contribution < -0.4 is 10.6 Å². The maximum Gasteiger partial charge on any atom is 0.355 e. The standard InChI is InChI=1S/C43H50N8O6S/c1-24-15-32(49-50-37(24)48-39-47-30-7-5-6-8-33(30)58-39)35(54)31-10-9-27(34(46-31)38(55)56)28-17-45-51(25(28)2)23-42-20-41(4)19-40(3)21-43(22-42,16-29(40)36(41)42)57-14-13-44-12-11-26(53)18-52/h5-10,15,17,26,29,36,44,52-53H,11-14,16,18-23H2,1-4H3,(H,55,56)(H,47,48,50)/t26-,29?,36?,40?,41?,42?,43?/m0/s1. The lowest BCUT2D eigenvalue weighted by Gasteiger charge is -2.66. The summed E-state index contributed by atoms with van der Waals surface area (Å²) < 4.78 is 9.92. The Hall–Kier alpha value is -4.67. The van der Waals surface area contributed by atoms with Crippen LogP contribution in [-0.4, -0.2) is 95.0 Å². The number of hydrogen-bond donors (Lipinski definition) is 5. The number of nitrogens with zero attached hydrogens (tertiary/aromatic N) is 6. The number of rotatable bonds is 16. The molecule has 5 aromatic rings. The molecule has 4 aliphatic carbocycles. The van der Waals surface area contributed by atoms with Gasteiger partial charge in [0.25, 0.3) is 0 Å². The van der Waals surface area contributed by atoms with Gasteiger partial charge in [-0.2, -0.15) is 5.10 Å². The molecule has 6 unspecified atom stereocenters. The molecule has 304 valence electrons. The molecule has 4 aliphatic rings. The highest BCUT2D eigenvalue weighted by Gasteiger charge is 2.79. The molecular weight excluding hydrogens is 757 g/mol. The van der Waals surface area contributed by atoms with Gasteiger partial charge in [0.2, 0.25) is 5.78 Å². The third kappa shape index (κ3) is 6.51. The predicted molar refractivity (Wildman–Crippen MR) is 218 cm³/mol. The first-order valence-corrected chi connectivity index (χ1v) is 21.0. The topological polar surface area (TPSA) is 198 Å². The SMILES string of the molecule is Cc1cc(C(=O)c2ccc(-c3cnn(CC45CC6(OCCNCC[C@H](O)CO)CC7C4C(C)(CC7(C)C6)C5)c3C)c(C(=O)O)n2)nnc1Nc1nc2ccccc2s1. The molecule has 7 atom stereocenters. The zero-order chi connectivity index (χ0) is 40.6. The molecule has 14 nitrogen and oxygen atoms in total. The molecule has 5 N–H and O–H groups in total. The molecule has 1 aromatic carbocycles. The number of aliphatic hydroxyl groups excluding tert-OH is 2. The maximum atomic E-state index is 13.6. The highest BCUT2D eigenvalue weighted by molar-refractivity contribution is 7.22. The summed E-state index contributed by atoms with van der Waals surface area (Å²) in [6.45, 7) is 11.1. The molecule has 0 aliphatic heterocycles. The number of benzene rings is 1. The molecule has 0 saturated heterocycles. The average Bonchev–Trinajstić information content (AvgIpc) is 3.87. The van der Waals surface area contributed by atoms with E-state index in [2.05, 4.69) is 44.6 Å². The molecule has 15 heteroatoms. The molecule has 4 aromatic heterocycles. The van der Waals surface area contributed by atoms with Crippen molar-refractivity contribution < 1.29 is 29.6 Å². The van der Waals surface area contributed by atoms with E-state index in [0.29, 0.717) is 71.0 Å². The number of aryl methyl sites for hydroxylation is 1. The molecule has 58 heavy (non-hydrogen) atoms. The first-order chi connectivity index (χ1) is 27.7. The Morgan fingerprint density at radius 2 is 1.83 bits per heavy atom. The van der Waals surface area contributed by atoms with Crippen molar-refractivity contribution in [1.29, 1.82) is 0 Å². The van der Waals surface area contributed by atoms with Crippen LogP contribution in [0.3, 0.4) is 0 Å². The van der Waals surface area contributed by atoms with Gasteiger partial charge >= 0.3 is 5.97 Å². The van der Waals surface area contributed by atoms with Crippen LogP contribution in [0.5, 0.6) is 0 Å². The number of carboxylic acids is 1. The van der Waals surface area contributed by atoms with Gasteiger partial charge in [-0.05, 0) is 123 Å². The molecule has 0 amide bonds. The largest absolute Gasteiger partial charge is 0.476 e. The molecule has 4 saturated carbocycles. The number of ketones is 1. The number of ether oxygens (including phenoxy) is 1. The molecule has 4 heterocycles. The van der Waals surface area contributed by atoms with Gasteiger partial charge < -0.3 is 30.7 Å². The van der Waals surface area contributed by atoms with E-state index in [1.807, 2.05) is 42.8 Å². The normalized spacial score (nSPS) is 28.4. The summed E-state index contributed by atoms with van der Waals surface area (Å²) in [7, 11) is 0. The Labute approximate surface area is 340 Å². The number of nitrogens with one attached hydrogen (secondary N) is 2. The quantitative estimate of drug-likeness (QED) is 0.0579. The number of para-hydroxylation sites is 1. The number of anilines is 2. The van der Waals surface area contributed by atoms with Gasteiger partial charge in [-0.1, -0.05) is 37.3 Å². The molecule has 0 spiro atoms. The molecule has 0 radical (unpaired) electrons. The minimum absolute atomic E-state index is 0.0153. The number of aromatic carboxylic acids is 1. The Morgan fingerprint density at radius 1 is 1.00 bits per heavy atom. The highest BCUT2D eigenvalue weighted by atomic mass is 32.1. The van der Waals surface area contributed by atoms with Gasteiger partial charge in [0, 0.05) is 29.9 Å². The third-order valence-electron chi connectivity index (χ3n) is 13.7. The number of carbonyl (C=O) groups excluding carboxylic acids is 1. The summed E-state index contributed by atoms with van der Waals surface area (Å²) in [4.78, 5) is 35.3. The van der Waals surface area contributed by atoms with Crippen LogP contribution in [0.2, 0.25) is 0 Å². The van der Waals surface area contributed by atoms with Crippen molar-refractivity contribution in [3.05, 3.63) is 77.0 Å². The van der Waals surface area contributed by atoms with Crippen molar-refractivity contribution in [3.8, 4) is 11.1 Å². The number of aromatic nitrogens is 6. The van der Waals surface area contributed by atoms with Crippen molar-refractivity contribution >= 4 is 44.3 Å². The number of carbonyl (C=O) groups is 2. The van der Waals surface area contributed by atoms with Crippen molar-refractivity contribution in [1.82, 2.24) is 35.3 Å². The molecular formula is C43H50N8O6S. The van der Waals surface area contributed by atoms with Crippen LogP contribution in [-0.2, 0) is 11.3 Å². The van der Waals surface area contributed by atoms with E-state index in [-0.39, 0.29) is 40.1 Å². The van der Waals surface area contributed by atoms with Crippen molar-refractivity contribution in [2.45, 2.75) is 84.5 Å². The van der Waals surface area contributed by atoms with Crippen LogP contribution in [0.4, 0.5) is 10.9 Å². The van der Waals surface area contributed by atoms with Crippen molar-refractivity contribution in [2.24, 2.45) is 28.1 Å². The second-order valence-electron chi connectivity index (χ2n) is 18.0. The summed E-state index contributed by atoms with van der Waals surface area (Å²) in [5.41, 5.74) is 3.61. The first-order valence-electron chi connectivity index (χ1n) is 20.2. The Morgan fingerprint density at radius 3 is 2.60 bits per heavy atom. The Kier molecular flexibility index (Phi) is 9.55. The average molecular weight is 807 g/mol. The van der Waals surface area contributed by atoms with Gasteiger partial charge in [0.05, 0.1) is 41.3 Å². The van der Waals surface area contributed by atoms with Gasteiger partial charge in [0.1, 0.15) is 11.4 Å². The number of aliphatic hydroxyl groups is 2. The van der Waals surface area contributed by atoms with Crippen LogP contribution >= 0.6 is 11.3 Å². The number of pyridine rings is 1. The summed E-state index contributed by atoms with van der Waals surface area (Å²) in [6, 6.07) is 12.6. The fourth-order valence-electron chi connectivity index (χ4n) is 12.1. The van der Waals surface area contributed by atoms with E-state index in [1.54, 1.807) is 24.4 Å². The van der Waals surface area contributed by atoms with Gasteiger partial charge in [-0.3, -0.25) is 9.48 Å². The van der Waals surface area contributed by atoms with E-state index in [0.717, 1.165) is 48.1 Å². The number of carboxylic acid groups (broad SMARTS) is 1. The van der Waals surface area contributed by atoms with E-state index >= 15 is 0 Å². The lowest BCUT2D eigenvalue weighted by Crippen LogP contribution is -2.62. The zero-order valence-electron chi connectivity index (χ0n) is 33.3. The van der Waals surface area contributed by atoms with E-state index in [1.165, 1.54) is 17.8 Å². The molecule has 9 rings (SSSR count). The van der Waals surface area contributed by atoms with Crippen molar-refractivity contribution in [3.63, 3.8) is 0 Å². The minimum Gasteiger partial charge on any atom is -0.476 e. The fraction of sp³-hybridized carbons (Fsp3) is 0.512. The predicted octanol–water partition coefficient (Wildman–Crippen LogP) is 5.96. The second-order valence-corrected chi connectivity index (χ2v) is 19.0. The van der Waals surface area contributed by atoms with Crippen LogP contribution in [0.15, 0.2) is 48.7 Å². The summed E-state index contributed by atoms with van der Waals surface area (Å²) >= 11 is 1.49. The Balaban J connectivity index is 0.923. The number of thiazole rings is 1. The molecule has 2 bridgehead atoms. The summed E-state index contributed by atoms with van der Waals surface area (Å²) in [6.07, 6.45) is 6.92. The minimum atomic E-state index is -1.24. The second kappa shape index (κ2) is 14.3. The lowest BCUT2D eigenvalue weighted by atomic mass is 9.40. The maximum absolute atomic E-state index is 13.6. The number of hydrogen-bond acceptors (Lipinski definition) is 13. The van der Waals surface area contributed by atoms with Crippen LogP contribution in [0.1, 0.15) is 90.3 Å². The van der Waals surface area contributed by atoms with Gasteiger partial charge in [0.15, 0.2) is 16.6 Å². The van der Waals surface area contributed by atoms with E-state index in [9.17, 15) is 19.8 Å². The zero-order valence-corrected chi connectivity index (χ0v) is 34.1. The van der Waals surface area contributed by atoms with Crippen LogP contribution in [0.25, 0.3) is 21.3 Å². The smallest absolute Gasteiger partial charge is 0.355 e. The fourth-order valence-corrected chi connectivity index (χ4v) is 13.0. The summed E-state index contributed by atoms with van der Waals surface area (Å²) in [5.74, 6) is -0.154. The van der Waals surface area contributed by atoms with E-state index in [4.69, 9.17) is 14.9 Å². The van der Waals surface area contributed by atoms with Gasteiger partial charge in [-0.25, -0.2) is 14.8 Å². The summed E-state index contributed by atoms with van der Waals surface area (Å²) in [5, 5.41) is 49.7. The van der Waals surface area contributed by atoms with Crippen molar-refractivity contribution in [2.75, 3.05) is 31.6 Å². The highest BCUT2D eigenvalue weighted by Crippen LogP contribution is 2.83. The third-order valence-corrected chi connectivity index (χ3v) is 14.7. The first kappa shape index (κ1) is 38.8. The lowest BCUT2D eigenvalue weighted by molar-refractivity contribution is -0.211. The van der Waals surface area contributed by atoms with Gasteiger partial charge in [-0.15, -0.1) is 10.2 Å². The number of fused-ring (bicyclic) bond motifs is 2.